The van der Waals surface area contributed by atoms with E-state index in [1.54, 1.807) is 16.2 Å². The van der Waals surface area contributed by atoms with Gasteiger partial charge in [0.05, 0.1) is 6.42 Å². The van der Waals surface area contributed by atoms with E-state index in [1.165, 1.54) is 0 Å². The quantitative estimate of drug-likeness (QED) is 0.761. The van der Waals surface area contributed by atoms with Gasteiger partial charge in [-0.05, 0) is 49.0 Å². The third-order valence-corrected chi connectivity index (χ3v) is 6.76. The van der Waals surface area contributed by atoms with E-state index in [1.807, 2.05) is 29.8 Å². The van der Waals surface area contributed by atoms with Crippen LogP contribution in [0.5, 0.6) is 0 Å². The van der Waals surface area contributed by atoms with E-state index >= 15 is 0 Å². The second-order valence-electron chi connectivity index (χ2n) is 8.03. The van der Waals surface area contributed by atoms with Crippen molar-refractivity contribution in [2.75, 3.05) is 44.7 Å². The highest BCUT2D eigenvalue weighted by molar-refractivity contribution is 7.10. The number of hydrogen-bond donors (Lipinski definition) is 1. The van der Waals surface area contributed by atoms with Gasteiger partial charge in [-0.2, -0.15) is 0 Å². The van der Waals surface area contributed by atoms with Crippen LogP contribution in [-0.4, -0.2) is 72.4 Å². The minimum atomic E-state index is -0.364. The lowest BCUT2D eigenvalue weighted by Crippen LogP contribution is -2.46. The molecule has 30 heavy (non-hydrogen) atoms. The van der Waals surface area contributed by atoms with Crippen molar-refractivity contribution in [3.05, 3.63) is 46.3 Å². The number of nitrogens with zero attached hydrogens (tertiary/aromatic N) is 4. The number of likely N-dealkylation sites (N-methyl/N-ethyl adjacent to an activating group) is 1. The number of rotatable bonds is 6. The number of thiophene rings is 1. The number of carbonyl (C=O) groups excluding carboxylic acids is 2. The molecule has 2 aliphatic heterocycles. The van der Waals surface area contributed by atoms with Crippen molar-refractivity contribution in [2.45, 2.75) is 31.8 Å². The summed E-state index contributed by atoms with van der Waals surface area (Å²) in [4.78, 5) is 37.4. The standard InChI is InChI=1S/C22H29N5O2S/c1-25-9-11-26(12-10-25)20-14-17(6-7-23-20)16-24-22(29)19-5-2-8-27(19)21(28)15-18-4-3-13-30-18/h3-4,6-7,13-14,19H,2,5,8-12,15-16H2,1H3,(H,24,29). The molecule has 0 saturated carbocycles. The smallest absolute Gasteiger partial charge is 0.243 e. The van der Waals surface area contributed by atoms with Gasteiger partial charge in [-0.15, -0.1) is 11.3 Å². The molecule has 0 aliphatic carbocycles. The SMILES string of the molecule is CN1CCN(c2cc(CNC(=O)C3CCCN3C(=O)Cc3cccs3)ccn2)CC1. The first-order valence-corrected chi connectivity index (χ1v) is 11.5. The van der Waals surface area contributed by atoms with E-state index in [2.05, 4.69) is 33.2 Å². The number of nitrogens with one attached hydrogen (secondary N) is 1. The van der Waals surface area contributed by atoms with Crippen molar-refractivity contribution in [2.24, 2.45) is 0 Å². The predicted molar refractivity (Wildman–Crippen MR) is 119 cm³/mol. The molecule has 8 heteroatoms. The van der Waals surface area contributed by atoms with Gasteiger partial charge in [0.25, 0.3) is 0 Å². The fourth-order valence-electron chi connectivity index (χ4n) is 4.09. The minimum Gasteiger partial charge on any atom is -0.354 e. The molecule has 0 aromatic carbocycles. The maximum atomic E-state index is 12.8. The van der Waals surface area contributed by atoms with E-state index in [0.29, 0.717) is 19.5 Å². The van der Waals surface area contributed by atoms with Crippen LogP contribution >= 0.6 is 11.3 Å². The fourth-order valence-corrected chi connectivity index (χ4v) is 4.78. The van der Waals surface area contributed by atoms with E-state index in [9.17, 15) is 9.59 Å². The molecular formula is C22H29N5O2S. The van der Waals surface area contributed by atoms with E-state index in [0.717, 1.165) is 55.3 Å². The van der Waals surface area contributed by atoms with Crippen LogP contribution < -0.4 is 10.2 Å². The van der Waals surface area contributed by atoms with Crippen molar-refractivity contribution >= 4 is 29.0 Å². The van der Waals surface area contributed by atoms with Gasteiger partial charge in [-0.25, -0.2) is 4.98 Å². The molecule has 2 saturated heterocycles. The summed E-state index contributed by atoms with van der Waals surface area (Å²) in [6, 6.07) is 7.55. The first kappa shape index (κ1) is 20.8. The maximum Gasteiger partial charge on any atom is 0.243 e. The summed E-state index contributed by atoms with van der Waals surface area (Å²) in [5.41, 5.74) is 1.03. The molecular weight excluding hydrogens is 398 g/mol. The van der Waals surface area contributed by atoms with Crippen LogP contribution in [0.4, 0.5) is 5.82 Å². The lowest BCUT2D eigenvalue weighted by atomic mass is 10.2. The molecule has 2 aliphatic rings. The Hall–Kier alpha value is -2.45. The minimum absolute atomic E-state index is 0.0383. The number of piperazine rings is 1. The number of pyridine rings is 1. The predicted octanol–water partition coefficient (Wildman–Crippen LogP) is 1.74. The summed E-state index contributed by atoms with van der Waals surface area (Å²) in [5.74, 6) is 0.935. The van der Waals surface area contributed by atoms with Crippen LogP contribution in [0.3, 0.4) is 0 Å². The lowest BCUT2D eigenvalue weighted by Gasteiger charge is -2.33. The molecule has 0 spiro atoms. The number of hydrogen-bond acceptors (Lipinski definition) is 6. The first-order chi connectivity index (χ1) is 14.6. The summed E-state index contributed by atoms with van der Waals surface area (Å²) >= 11 is 1.58. The molecule has 2 amide bonds. The number of carbonyl (C=O) groups is 2. The van der Waals surface area contributed by atoms with Gasteiger partial charge >= 0.3 is 0 Å². The Morgan fingerprint density at radius 1 is 1.20 bits per heavy atom. The summed E-state index contributed by atoms with van der Waals surface area (Å²) < 4.78 is 0. The van der Waals surface area contributed by atoms with Gasteiger partial charge in [-0.1, -0.05) is 6.07 Å². The highest BCUT2D eigenvalue weighted by Crippen LogP contribution is 2.21. The first-order valence-electron chi connectivity index (χ1n) is 10.6. The number of anilines is 1. The van der Waals surface area contributed by atoms with Crippen LogP contribution in [0.15, 0.2) is 35.8 Å². The van der Waals surface area contributed by atoms with Crippen molar-refractivity contribution < 1.29 is 9.59 Å². The third kappa shape index (κ3) is 4.99. The summed E-state index contributed by atoms with van der Waals surface area (Å²) in [5, 5.41) is 5.01. The topological polar surface area (TPSA) is 68.8 Å². The van der Waals surface area contributed by atoms with Gasteiger partial charge in [0, 0.05) is 50.3 Å². The van der Waals surface area contributed by atoms with Gasteiger partial charge in [0.2, 0.25) is 11.8 Å². The Balaban J connectivity index is 1.32. The van der Waals surface area contributed by atoms with Crippen LogP contribution in [0.1, 0.15) is 23.3 Å². The molecule has 160 valence electrons. The molecule has 0 bridgehead atoms. The molecule has 2 aromatic rings. The molecule has 4 heterocycles. The van der Waals surface area contributed by atoms with Crippen LogP contribution in [0.2, 0.25) is 0 Å². The van der Waals surface area contributed by atoms with Gasteiger partial charge in [-0.3, -0.25) is 9.59 Å². The second kappa shape index (κ2) is 9.57. The van der Waals surface area contributed by atoms with Crippen molar-refractivity contribution in [1.82, 2.24) is 20.1 Å². The maximum absolute atomic E-state index is 12.8. The summed E-state index contributed by atoms with van der Waals surface area (Å²) in [7, 11) is 2.13. The highest BCUT2D eigenvalue weighted by Gasteiger charge is 2.33. The van der Waals surface area contributed by atoms with Gasteiger partial charge < -0.3 is 20.0 Å². The molecule has 7 nitrogen and oxygen atoms in total. The average Bonchev–Trinajstić information content (AvgIpc) is 3.45. The number of amides is 2. The Labute approximate surface area is 181 Å². The Morgan fingerprint density at radius 3 is 2.80 bits per heavy atom. The Kier molecular flexibility index (Phi) is 6.64. The Bertz CT molecular complexity index is 864. The van der Waals surface area contributed by atoms with Gasteiger partial charge in [0.1, 0.15) is 11.9 Å². The van der Waals surface area contributed by atoms with Crippen molar-refractivity contribution in [3.63, 3.8) is 0 Å². The number of likely N-dealkylation sites (tertiary alicyclic amines) is 1. The zero-order chi connectivity index (χ0) is 20.9. The molecule has 0 radical (unpaired) electrons. The molecule has 4 rings (SSSR count). The van der Waals surface area contributed by atoms with E-state index < -0.39 is 0 Å². The van der Waals surface area contributed by atoms with Crippen molar-refractivity contribution in [1.29, 1.82) is 0 Å². The van der Waals surface area contributed by atoms with Gasteiger partial charge in [0.15, 0.2) is 0 Å². The largest absolute Gasteiger partial charge is 0.354 e. The molecule has 2 aromatic heterocycles. The summed E-state index contributed by atoms with van der Waals surface area (Å²) in [6.45, 7) is 5.08. The van der Waals surface area contributed by atoms with E-state index in [-0.39, 0.29) is 17.9 Å². The zero-order valence-corrected chi connectivity index (χ0v) is 18.2. The molecule has 1 atom stereocenters. The third-order valence-electron chi connectivity index (χ3n) is 5.89. The van der Waals surface area contributed by atoms with Crippen LogP contribution in [0, 0.1) is 0 Å². The fraction of sp³-hybridized carbons (Fsp3) is 0.500. The monoisotopic (exact) mass is 427 g/mol. The normalized spacial score (nSPS) is 19.8. The zero-order valence-electron chi connectivity index (χ0n) is 17.4. The van der Waals surface area contributed by atoms with Crippen LogP contribution in [0.25, 0.3) is 0 Å². The van der Waals surface area contributed by atoms with E-state index in [4.69, 9.17) is 0 Å². The Morgan fingerprint density at radius 2 is 2.03 bits per heavy atom. The van der Waals surface area contributed by atoms with Crippen LogP contribution in [-0.2, 0) is 22.6 Å². The highest BCUT2D eigenvalue weighted by atomic mass is 32.1. The average molecular weight is 428 g/mol. The number of aromatic nitrogens is 1. The van der Waals surface area contributed by atoms with Crippen molar-refractivity contribution in [3.8, 4) is 0 Å². The lowest BCUT2D eigenvalue weighted by molar-refractivity contribution is -0.138. The molecule has 1 unspecified atom stereocenters. The summed E-state index contributed by atoms with van der Waals surface area (Å²) in [6.07, 6.45) is 3.78. The molecule has 1 N–H and O–H groups in total. The second-order valence-corrected chi connectivity index (χ2v) is 9.06. The molecule has 2 fully saturated rings.